The Morgan fingerprint density at radius 1 is 1.15 bits per heavy atom. The van der Waals surface area contributed by atoms with Gasteiger partial charge < -0.3 is 15.1 Å². The first-order valence-electron chi connectivity index (χ1n) is 8.65. The number of anilines is 1. The lowest BCUT2D eigenvalue weighted by Gasteiger charge is -2.45. The zero-order chi connectivity index (χ0) is 18.9. The van der Waals surface area contributed by atoms with Crippen LogP contribution in [0.3, 0.4) is 0 Å². The lowest BCUT2D eigenvalue weighted by atomic mass is 9.86. The molecule has 1 fully saturated rings. The minimum atomic E-state index is -4.58. The Balaban J connectivity index is 1.92. The molecule has 1 aliphatic rings. The molecule has 2 aromatic rings. The van der Waals surface area contributed by atoms with Crippen LogP contribution in [0.15, 0.2) is 24.3 Å². The van der Waals surface area contributed by atoms with E-state index in [0.29, 0.717) is 17.4 Å². The second-order valence-electron chi connectivity index (χ2n) is 7.19. The molecule has 1 N–H and O–H groups in total. The number of nitrogens with one attached hydrogen (secondary N) is 1. The monoisotopic (exact) mass is 367 g/mol. The summed E-state index contributed by atoms with van der Waals surface area (Å²) in [5.41, 5.74) is 0.177. The van der Waals surface area contributed by atoms with E-state index in [2.05, 4.69) is 32.1 Å². The van der Waals surface area contributed by atoms with Crippen LogP contribution in [-0.2, 0) is 6.18 Å². The second kappa shape index (κ2) is 7.00. The first-order chi connectivity index (χ1) is 12.2. The summed E-state index contributed by atoms with van der Waals surface area (Å²) < 4.78 is 39.5. The molecule has 1 aromatic carbocycles. The summed E-state index contributed by atoms with van der Waals surface area (Å²) in [4.78, 5) is 11.9. The predicted octanol–water partition coefficient (Wildman–Crippen LogP) is 3.09. The van der Waals surface area contributed by atoms with Crippen LogP contribution < -0.4 is 5.32 Å². The number of likely N-dealkylation sites (tertiary alicyclic amines) is 1. The van der Waals surface area contributed by atoms with Gasteiger partial charge in [-0.3, -0.25) is 0 Å². The summed E-state index contributed by atoms with van der Waals surface area (Å²) in [6.45, 7) is 2.45. The zero-order valence-corrected chi connectivity index (χ0v) is 15.3. The molecule has 3 rings (SSSR count). The Hall–Kier alpha value is -1.93. The van der Waals surface area contributed by atoms with Crippen molar-refractivity contribution in [3.8, 4) is 0 Å². The molecule has 0 saturated carbocycles. The number of fused-ring (bicyclic) bond motifs is 1. The third kappa shape index (κ3) is 3.76. The first-order valence-corrected chi connectivity index (χ1v) is 8.65. The molecule has 0 aliphatic carbocycles. The summed E-state index contributed by atoms with van der Waals surface area (Å²) >= 11 is 0. The zero-order valence-electron chi connectivity index (χ0n) is 15.3. The SMILES string of the molecule is CN1CCC(CNc2nc(C(F)(F)F)nc3ccccc23)(N(C)C)CC1. The van der Waals surface area contributed by atoms with Crippen LogP contribution in [0.1, 0.15) is 18.7 Å². The van der Waals surface area contributed by atoms with E-state index in [1.54, 1.807) is 24.3 Å². The van der Waals surface area contributed by atoms with Gasteiger partial charge in [0.2, 0.25) is 5.82 Å². The number of piperidine rings is 1. The Morgan fingerprint density at radius 3 is 2.42 bits per heavy atom. The molecule has 2 heterocycles. The van der Waals surface area contributed by atoms with E-state index < -0.39 is 12.0 Å². The topological polar surface area (TPSA) is 44.3 Å². The maximum Gasteiger partial charge on any atom is 0.451 e. The number of benzene rings is 1. The van der Waals surface area contributed by atoms with E-state index in [-0.39, 0.29) is 11.4 Å². The quantitative estimate of drug-likeness (QED) is 0.900. The summed E-state index contributed by atoms with van der Waals surface area (Å²) in [7, 11) is 6.12. The van der Waals surface area contributed by atoms with Gasteiger partial charge in [0.1, 0.15) is 5.82 Å². The standard InChI is InChI=1S/C18H24F3N5/c1-25(2)17(8-10-26(3)11-9-17)12-22-15-13-6-4-5-7-14(13)23-16(24-15)18(19,20)21/h4-7H,8-12H2,1-3H3,(H,22,23,24). The number of hydrogen-bond acceptors (Lipinski definition) is 5. The highest BCUT2D eigenvalue weighted by Crippen LogP contribution is 2.32. The van der Waals surface area contributed by atoms with Gasteiger partial charge in [0.05, 0.1) is 5.52 Å². The fourth-order valence-corrected chi connectivity index (χ4v) is 3.40. The molecule has 1 saturated heterocycles. The maximum atomic E-state index is 13.2. The summed E-state index contributed by atoms with van der Waals surface area (Å²) in [6.07, 6.45) is -2.69. The largest absolute Gasteiger partial charge is 0.451 e. The molecular weight excluding hydrogens is 343 g/mol. The van der Waals surface area contributed by atoms with Gasteiger partial charge in [-0.05, 0) is 59.2 Å². The van der Waals surface area contributed by atoms with Gasteiger partial charge in [-0.2, -0.15) is 13.2 Å². The normalized spacial score (nSPS) is 18.4. The molecule has 8 heteroatoms. The molecule has 0 atom stereocenters. The lowest BCUT2D eigenvalue weighted by molar-refractivity contribution is -0.144. The van der Waals surface area contributed by atoms with Crippen molar-refractivity contribution in [2.75, 3.05) is 46.1 Å². The molecular formula is C18H24F3N5. The second-order valence-corrected chi connectivity index (χ2v) is 7.19. The van der Waals surface area contributed by atoms with E-state index in [0.717, 1.165) is 25.9 Å². The van der Waals surface area contributed by atoms with Crippen molar-refractivity contribution in [2.24, 2.45) is 0 Å². The number of alkyl halides is 3. The van der Waals surface area contributed by atoms with E-state index in [4.69, 9.17) is 0 Å². The number of para-hydroxylation sites is 1. The molecule has 0 spiro atoms. The maximum absolute atomic E-state index is 13.2. The van der Waals surface area contributed by atoms with Crippen molar-refractivity contribution in [3.63, 3.8) is 0 Å². The molecule has 0 radical (unpaired) electrons. The van der Waals surface area contributed by atoms with Crippen molar-refractivity contribution in [1.29, 1.82) is 0 Å². The average molecular weight is 367 g/mol. The van der Waals surface area contributed by atoms with Crippen molar-refractivity contribution in [3.05, 3.63) is 30.1 Å². The van der Waals surface area contributed by atoms with Gasteiger partial charge in [0.25, 0.3) is 0 Å². The third-order valence-electron chi connectivity index (χ3n) is 5.31. The van der Waals surface area contributed by atoms with Gasteiger partial charge in [0, 0.05) is 17.5 Å². The Labute approximate surface area is 151 Å². The predicted molar refractivity (Wildman–Crippen MR) is 96.2 cm³/mol. The van der Waals surface area contributed by atoms with Gasteiger partial charge >= 0.3 is 6.18 Å². The van der Waals surface area contributed by atoms with Crippen molar-refractivity contribution in [2.45, 2.75) is 24.6 Å². The van der Waals surface area contributed by atoms with Crippen LogP contribution >= 0.6 is 0 Å². The van der Waals surface area contributed by atoms with Crippen molar-refractivity contribution in [1.82, 2.24) is 19.8 Å². The number of nitrogens with zero attached hydrogens (tertiary/aromatic N) is 4. The highest BCUT2D eigenvalue weighted by atomic mass is 19.4. The number of halogens is 3. The molecule has 26 heavy (non-hydrogen) atoms. The van der Waals surface area contributed by atoms with Crippen molar-refractivity contribution < 1.29 is 13.2 Å². The fourth-order valence-electron chi connectivity index (χ4n) is 3.40. The molecule has 5 nitrogen and oxygen atoms in total. The number of likely N-dealkylation sites (N-methyl/N-ethyl adjacent to an activating group) is 1. The number of hydrogen-bond donors (Lipinski definition) is 1. The molecule has 0 unspecified atom stereocenters. The Morgan fingerprint density at radius 2 is 1.81 bits per heavy atom. The third-order valence-corrected chi connectivity index (χ3v) is 5.31. The smallest absolute Gasteiger partial charge is 0.368 e. The summed E-state index contributed by atoms with van der Waals surface area (Å²) in [5, 5.41) is 3.79. The van der Waals surface area contributed by atoms with Crippen molar-refractivity contribution >= 4 is 16.7 Å². The minimum absolute atomic E-state index is 0.114. The highest BCUT2D eigenvalue weighted by molar-refractivity contribution is 5.89. The minimum Gasteiger partial charge on any atom is -0.368 e. The van der Waals surface area contributed by atoms with Crippen LogP contribution in [0.2, 0.25) is 0 Å². The van der Waals surface area contributed by atoms with Crippen LogP contribution in [-0.4, -0.2) is 66.1 Å². The summed E-state index contributed by atoms with van der Waals surface area (Å²) in [6, 6.07) is 6.78. The summed E-state index contributed by atoms with van der Waals surface area (Å²) in [5.74, 6) is -0.871. The molecule has 1 aliphatic heterocycles. The fraction of sp³-hybridized carbons (Fsp3) is 0.556. The van der Waals surface area contributed by atoms with E-state index in [1.165, 1.54) is 0 Å². The Bertz CT molecular complexity index is 767. The van der Waals surface area contributed by atoms with E-state index in [1.807, 2.05) is 14.1 Å². The lowest BCUT2D eigenvalue weighted by Crippen LogP contribution is -2.55. The molecule has 1 aromatic heterocycles. The average Bonchev–Trinajstić information content (AvgIpc) is 2.60. The number of rotatable bonds is 4. The molecule has 142 valence electrons. The first kappa shape index (κ1) is 18.8. The van der Waals surface area contributed by atoms with Gasteiger partial charge in [-0.25, -0.2) is 9.97 Å². The van der Waals surface area contributed by atoms with E-state index in [9.17, 15) is 13.2 Å². The van der Waals surface area contributed by atoms with E-state index >= 15 is 0 Å². The van der Waals surface area contributed by atoms with Gasteiger partial charge in [-0.1, -0.05) is 12.1 Å². The van der Waals surface area contributed by atoms with Crippen LogP contribution in [0.4, 0.5) is 19.0 Å². The Kier molecular flexibility index (Phi) is 5.07. The highest BCUT2D eigenvalue weighted by Gasteiger charge is 2.37. The molecule has 0 bridgehead atoms. The van der Waals surface area contributed by atoms with Gasteiger partial charge in [-0.15, -0.1) is 0 Å². The van der Waals surface area contributed by atoms with Gasteiger partial charge in [0.15, 0.2) is 0 Å². The van der Waals surface area contributed by atoms with Crippen LogP contribution in [0, 0.1) is 0 Å². The van der Waals surface area contributed by atoms with Crippen LogP contribution in [0.5, 0.6) is 0 Å². The van der Waals surface area contributed by atoms with Crippen LogP contribution in [0.25, 0.3) is 10.9 Å². The number of aromatic nitrogens is 2. The molecule has 0 amide bonds.